The quantitative estimate of drug-likeness (QED) is 0.775. The molecule has 0 aromatic rings. The van der Waals surface area contributed by atoms with Crippen LogP contribution in [-0.4, -0.2) is 30.4 Å². The van der Waals surface area contributed by atoms with E-state index in [1.54, 1.807) is 0 Å². The number of hydrogen-bond donors (Lipinski definition) is 1. The van der Waals surface area contributed by atoms with Gasteiger partial charge in [-0.1, -0.05) is 26.2 Å². The van der Waals surface area contributed by atoms with Crippen LogP contribution < -0.4 is 5.73 Å². The first-order valence-electron chi connectivity index (χ1n) is 6.22. The van der Waals surface area contributed by atoms with Crippen molar-refractivity contribution in [3.8, 4) is 0 Å². The highest BCUT2D eigenvalue weighted by Gasteiger charge is 2.16. The van der Waals surface area contributed by atoms with Crippen molar-refractivity contribution in [2.45, 2.75) is 45.4 Å². The number of nitrogens with zero attached hydrogens (tertiary/aromatic N) is 1. The van der Waals surface area contributed by atoms with Crippen molar-refractivity contribution in [2.24, 2.45) is 11.7 Å². The van der Waals surface area contributed by atoms with E-state index < -0.39 is 0 Å². The molecule has 88 valence electrons. The summed E-state index contributed by atoms with van der Waals surface area (Å²) in [6.45, 7) is 4.56. The molecule has 1 aliphatic heterocycles. The third-order valence-corrected chi connectivity index (χ3v) is 3.13. The molecule has 2 N–H and O–H groups in total. The lowest BCUT2D eigenvalue weighted by atomic mass is 10.1. The Hall–Kier alpha value is -0.570. The molecule has 1 aliphatic rings. The first-order chi connectivity index (χ1) is 7.24. The van der Waals surface area contributed by atoms with E-state index in [2.05, 4.69) is 0 Å². The molecule has 1 amide bonds. The minimum atomic E-state index is 0.301. The fourth-order valence-corrected chi connectivity index (χ4v) is 2.01. The minimum absolute atomic E-state index is 0.301. The number of nitrogens with two attached hydrogens (primary N) is 1. The number of likely N-dealkylation sites (tertiary alicyclic amines) is 1. The van der Waals surface area contributed by atoms with Crippen LogP contribution in [0.2, 0.25) is 0 Å². The van der Waals surface area contributed by atoms with Gasteiger partial charge in [0, 0.05) is 19.5 Å². The van der Waals surface area contributed by atoms with Crippen molar-refractivity contribution < 1.29 is 4.79 Å². The lowest BCUT2D eigenvalue weighted by Gasteiger charge is -2.25. The van der Waals surface area contributed by atoms with E-state index in [4.69, 9.17) is 5.73 Å². The Morgan fingerprint density at radius 3 is 2.27 bits per heavy atom. The summed E-state index contributed by atoms with van der Waals surface area (Å²) >= 11 is 0. The molecule has 1 fully saturated rings. The smallest absolute Gasteiger partial charge is 0.222 e. The maximum Gasteiger partial charge on any atom is 0.222 e. The second-order valence-electron chi connectivity index (χ2n) is 4.69. The molecule has 1 unspecified atom stereocenters. The molecule has 0 bridgehead atoms. The molecule has 3 heteroatoms. The molecule has 0 radical (unpaired) electrons. The van der Waals surface area contributed by atoms with Gasteiger partial charge in [0.15, 0.2) is 0 Å². The van der Waals surface area contributed by atoms with Crippen LogP contribution in [0.5, 0.6) is 0 Å². The Balaban J connectivity index is 2.34. The lowest BCUT2D eigenvalue weighted by Crippen LogP contribution is -2.35. The van der Waals surface area contributed by atoms with Crippen LogP contribution in [0, 0.1) is 5.92 Å². The van der Waals surface area contributed by atoms with Crippen LogP contribution in [0.4, 0.5) is 0 Å². The first kappa shape index (κ1) is 12.5. The van der Waals surface area contributed by atoms with E-state index in [1.165, 1.54) is 32.1 Å². The third-order valence-electron chi connectivity index (χ3n) is 3.13. The number of carbonyl (C=O) groups excluding carboxylic acids is 1. The highest BCUT2D eigenvalue weighted by Crippen LogP contribution is 2.12. The van der Waals surface area contributed by atoms with Gasteiger partial charge >= 0.3 is 0 Å². The van der Waals surface area contributed by atoms with Gasteiger partial charge in [0.05, 0.1) is 0 Å². The van der Waals surface area contributed by atoms with Gasteiger partial charge in [-0.25, -0.2) is 0 Å². The molecule has 0 aliphatic carbocycles. The predicted octanol–water partition coefficient (Wildman–Crippen LogP) is 1.76. The van der Waals surface area contributed by atoms with E-state index in [-0.39, 0.29) is 0 Å². The monoisotopic (exact) mass is 212 g/mol. The molecular weight excluding hydrogens is 188 g/mol. The second-order valence-corrected chi connectivity index (χ2v) is 4.69. The molecule has 3 nitrogen and oxygen atoms in total. The molecule has 0 aromatic carbocycles. The summed E-state index contributed by atoms with van der Waals surface area (Å²) < 4.78 is 0. The zero-order chi connectivity index (χ0) is 11.1. The summed E-state index contributed by atoms with van der Waals surface area (Å²) in [4.78, 5) is 13.9. The summed E-state index contributed by atoms with van der Waals surface area (Å²) in [5.74, 6) is 0.623. The van der Waals surface area contributed by atoms with Crippen LogP contribution in [-0.2, 0) is 4.79 Å². The summed E-state index contributed by atoms with van der Waals surface area (Å²) in [5, 5.41) is 0. The van der Waals surface area contributed by atoms with Gasteiger partial charge in [0.25, 0.3) is 0 Å². The average molecular weight is 212 g/mol. The fraction of sp³-hybridized carbons (Fsp3) is 0.917. The van der Waals surface area contributed by atoms with Gasteiger partial charge in [-0.2, -0.15) is 0 Å². The van der Waals surface area contributed by atoms with Gasteiger partial charge in [0.1, 0.15) is 0 Å². The molecule has 0 aromatic heterocycles. The molecule has 1 saturated heterocycles. The lowest BCUT2D eigenvalue weighted by molar-refractivity contribution is -0.132. The first-order valence-corrected chi connectivity index (χ1v) is 6.22. The van der Waals surface area contributed by atoms with Crippen LogP contribution in [0.15, 0.2) is 0 Å². The molecule has 0 saturated carbocycles. The van der Waals surface area contributed by atoms with Crippen molar-refractivity contribution in [2.75, 3.05) is 19.6 Å². The SMILES string of the molecule is CC(CN)CC(=O)N1CCCCCCC1. The highest BCUT2D eigenvalue weighted by atomic mass is 16.2. The van der Waals surface area contributed by atoms with E-state index in [9.17, 15) is 4.79 Å². The molecule has 1 heterocycles. The number of amides is 1. The van der Waals surface area contributed by atoms with Gasteiger partial charge in [-0.05, 0) is 25.3 Å². The number of carbonyl (C=O) groups is 1. The van der Waals surface area contributed by atoms with E-state index in [0.29, 0.717) is 24.8 Å². The van der Waals surface area contributed by atoms with Crippen LogP contribution in [0.3, 0.4) is 0 Å². The highest BCUT2D eigenvalue weighted by molar-refractivity contribution is 5.76. The Labute approximate surface area is 93.0 Å². The van der Waals surface area contributed by atoms with Crippen molar-refractivity contribution in [1.29, 1.82) is 0 Å². The molecule has 15 heavy (non-hydrogen) atoms. The molecule has 1 atom stereocenters. The molecular formula is C12H24N2O. The Bertz CT molecular complexity index is 186. The van der Waals surface area contributed by atoms with E-state index in [1.807, 2.05) is 11.8 Å². The van der Waals surface area contributed by atoms with Crippen molar-refractivity contribution in [3.63, 3.8) is 0 Å². The second kappa shape index (κ2) is 6.83. The van der Waals surface area contributed by atoms with Gasteiger partial charge < -0.3 is 10.6 Å². The van der Waals surface area contributed by atoms with Crippen LogP contribution in [0.25, 0.3) is 0 Å². The number of rotatable bonds is 3. The summed E-state index contributed by atoms with van der Waals surface area (Å²) in [6, 6.07) is 0. The fourth-order valence-electron chi connectivity index (χ4n) is 2.01. The van der Waals surface area contributed by atoms with Crippen molar-refractivity contribution >= 4 is 5.91 Å². The normalized spacial score (nSPS) is 20.5. The maximum absolute atomic E-state index is 11.9. The average Bonchev–Trinajstić information content (AvgIpc) is 2.16. The Morgan fingerprint density at radius 1 is 1.20 bits per heavy atom. The largest absolute Gasteiger partial charge is 0.343 e. The van der Waals surface area contributed by atoms with Gasteiger partial charge in [-0.15, -0.1) is 0 Å². The summed E-state index contributed by atoms with van der Waals surface area (Å²) in [5.41, 5.74) is 5.53. The van der Waals surface area contributed by atoms with Crippen molar-refractivity contribution in [1.82, 2.24) is 4.90 Å². The van der Waals surface area contributed by atoms with Crippen molar-refractivity contribution in [3.05, 3.63) is 0 Å². The maximum atomic E-state index is 11.9. The standard InChI is InChI=1S/C12H24N2O/c1-11(10-13)9-12(15)14-7-5-3-2-4-6-8-14/h11H,2-10,13H2,1H3. The number of hydrogen-bond acceptors (Lipinski definition) is 2. The van der Waals surface area contributed by atoms with Crippen LogP contribution in [0.1, 0.15) is 45.4 Å². The zero-order valence-electron chi connectivity index (χ0n) is 9.87. The van der Waals surface area contributed by atoms with E-state index >= 15 is 0 Å². The Kier molecular flexibility index (Phi) is 5.69. The third kappa shape index (κ3) is 4.65. The Morgan fingerprint density at radius 2 is 1.73 bits per heavy atom. The van der Waals surface area contributed by atoms with Crippen LogP contribution >= 0.6 is 0 Å². The molecule has 1 rings (SSSR count). The summed E-state index contributed by atoms with van der Waals surface area (Å²) in [7, 11) is 0. The topological polar surface area (TPSA) is 46.3 Å². The summed E-state index contributed by atoms with van der Waals surface area (Å²) in [6.07, 6.45) is 6.84. The van der Waals surface area contributed by atoms with Gasteiger partial charge in [-0.3, -0.25) is 4.79 Å². The zero-order valence-corrected chi connectivity index (χ0v) is 9.87. The predicted molar refractivity (Wildman–Crippen MR) is 62.5 cm³/mol. The minimum Gasteiger partial charge on any atom is -0.343 e. The molecule has 0 spiro atoms. The van der Waals surface area contributed by atoms with E-state index in [0.717, 1.165) is 13.1 Å². The van der Waals surface area contributed by atoms with Gasteiger partial charge in [0.2, 0.25) is 5.91 Å².